The minimum Gasteiger partial charge on any atom is -0.472 e. The molecule has 6 nitrogen and oxygen atoms in total. The molecule has 3 heterocycles. The first kappa shape index (κ1) is 16.5. The molecule has 2 aliphatic rings. The highest BCUT2D eigenvalue weighted by Gasteiger charge is 2.40. The summed E-state index contributed by atoms with van der Waals surface area (Å²) in [6.07, 6.45) is 5.20. The summed E-state index contributed by atoms with van der Waals surface area (Å²) in [6.45, 7) is 6.58. The summed E-state index contributed by atoms with van der Waals surface area (Å²) in [7, 11) is 1.73. The number of ether oxygens (including phenoxy) is 2. The lowest BCUT2D eigenvalue weighted by Crippen LogP contribution is -2.52. The predicted molar refractivity (Wildman–Crippen MR) is 85.4 cm³/mol. The van der Waals surface area contributed by atoms with E-state index in [9.17, 15) is 4.79 Å². The van der Waals surface area contributed by atoms with E-state index in [1.807, 2.05) is 4.90 Å². The molecule has 128 valence electrons. The van der Waals surface area contributed by atoms with Gasteiger partial charge in [-0.05, 0) is 18.9 Å². The third-order valence-electron chi connectivity index (χ3n) is 4.85. The number of likely N-dealkylation sites (tertiary alicyclic amines) is 1. The number of nitrogens with zero attached hydrogens (tertiary/aromatic N) is 2. The fraction of sp³-hybridized carbons (Fsp3) is 0.706. The summed E-state index contributed by atoms with van der Waals surface area (Å²) in [5.74, 6) is 0.0607. The number of rotatable bonds is 4. The van der Waals surface area contributed by atoms with Crippen LogP contribution in [0.15, 0.2) is 23.0 Å². The van der Waals surface area contributed by atoms with Crippen molar-refractivity contribution in [2.45, 2.75) is 12.8 Å². The van der Waals surface area contributed by atoms with Crippen LogP contribution in [0.2, 0.25) is 0 Å². The van der Waals surface area contributed by atoms with E-state index < -0.39 is 0 Å². The minimum absolute atomic E-state index is 0.0296. The molecule has 0 aromatic carbocycles. The molecular weight excluding hydrogens is 296 g/mol. The maximum atomic E-state index is 12.6. The van der Waals surface area contributed by atoms with Crippen LogP contribution < -0.4 is 0 Å². The van der Waals surface area contributed by atoms with Crippen LogP contribution in [0.3, 0.4) is 0 Å². The lowest BCUT2D eigenvalue weighted by Gasteiger charge is -2.43. The van der Waals surface area contributed by atoms with Crippen molar-refractivity contribution in [3.63, 3.8) is 0 Å². The van der Waals surface area contributed by atoms with Crippen molar-refractivity contribution in [2.75, 3.05) is 59.7 Å². The maximum absolute atomic E-state index is 12.6. The van der Waals surface area contributed by atoms with E-state index >= 15 is 0 Å². The Labute approximate surface area is 137 Å². The van der Waals surface area contributed by atoms with Gasteiger partial charge in [-0.1, -0.05) is 0 Å². The van der Waals surface area contributed by atoms with Crippen LogP contribution in [0.1, 0.15) is 23.2 Å². The fourth-order valence-corrected chi connectivity index (χ4v) is 3.69. The highest BCUT2D eigenvalue weighted by atomic mass is 16.5. The molecule has 3 rings (SSSR count). The van der Waals surface area contributed by atoms with E-state index in [-0.39, 0.29) is 11.3 Å². The van der Waals surface area contributed by atoms with E-state index in [1.165, 1.54) is 6.26 Å². The minimum atomic E-state index is 0.0296. The number of amides is 1. The summed E-state index contributed by atoms with van der Waals surface area (Å²) >= 11 is 0. The Morgan fingerprint density at radius 3 is 3.09 bits per heavy atom. The smallest absolute Gasteiger partial charge is 0.257 e. The Kier molecular flexibility index (Phi) is 5.35. The summed E-state index contributed by atoms with van der Waals surface area (Å²) in [5, 5.41) is 0. The summed E-state index contributed by atoms with van der Waals surface area (Å²) in [4.78, 5) is 17.0. The van der Waals surface area contributed by atoms with E-state index in [0.717, 1.165) is 65.4 Å². The van der Waals surface area contributed by atoms with Crippen LogP contribution in [-0.2, 0) is 9.47 Å². The molecule has 0 radical (unpaired) electrons. The monoisotopic (exact) mass is 322 g/mol. The lowest BCUT2D eigenvalue weighted by atomic mass is 9.80. The zero-order valence-electron chi connectivity index (χ0n) is 13.8. The number of carbonyl (C=O) groups excluding carboxylic acids is 1. The molecule has 1 atom stereocenters. The average molecular weight is 322 g/mol. The van der Waals surface area contributed by atoms with Crippen molar-refractivity contribution in [1.29, 1.82) is 0 Å². The van der Waals surface area contributed by atoms with Gasteiger partial charge in [-0.15, -0.1) is 0 Å². The van der Waals surface area contributed by atoms with Crippen molar-refractivity contribution in [3.05, 3.63) is 24.2 Å². The van der Waals surface area contributed by atoms with Gasteiger partial charge in [-0.25, -0.2) is 0 Å². The molecule has 1 aromatic heterocycles. The van der Waals surface area contributed by atoms with Crippen molar-refractivity contribution >= 4 is 5.91 Å². The van der Waals surface area contributed by atoms with Crippen molar-refractivity contribution in [3.8, 4) is 0 Å². The van der Waals surface area contributed by atoms with Gasteiger partial charge in [0.2, 0.25) is 0 Å². The van der Waals surface area contributed by atoms with Crippen LogP contribution in [0.5, 0.6) is 0 Å². The van der Waals surface area contributed by atoms with Crippen LogP contribution in [0.4, 0.5) is 0 Å². The van der Waals surface area contributed by atoms with Crippen LogP contribution in [0.25, 0.3) is 0 Å². The van der Waals surface area contributed by atoms with E-state index in [2.05, 4.69) is 4.90 Å². The molecule has 2 saturated heterocycles. The van der Waals surface area contributed by atoms with E-state index in [0.29, 0.717) is 5.56 Å². The first-order valence-corrected chi connectivity index (χ1v) is 8.33. The Morgan fingerprint density at radius 2 is 2.30 bits per heavy atom. The second kappa shape index (κ2) is 7.47. The molecule has 2 fully saturated rings. The molecule has 0 aliphatic carbocycles. The van der Waals surface area contributed by atoms with Gasteiger partial charge in [0.1, 0.15) is 6.26 Å². The van der Waals surface area contributed by atoms with Gasteiger partial charge in [0.05, 0.1) is 31.6 Å². The van der Waals surface area contributed by atoms with Crippen LogP contribution in [-0.4, -0.2) is 75.4 Å². The number of hydrogen-bond donors (Lipinski definition) is 0. The fourth-order valence-electron chi connectivity index (χ4n) is 3.69. The van der Waals surface area contributed by atoms with E-state index in [4.69, 9.17) is 13.9 Å². The molecule has 0 saturated carbocycles. The summed E-state index contributed by atoms with van der Waals surface area (Å²) in [6, 6.07) is 1.73. The van der Waals surface area contributed by atoms with Crippen molar-refractivity contribution in [2.24, 2.45) is 5.41 Å². The maximum Gasteiger partial charge on any atom is 0.257 e. The first-order chi connectivity index (χ1) is 11.2. The molecule has 0 bridgehead atoms. The predicted octanol–water partition coefficient (Wildman–Crippen LogP) is 1.48. The molecular formula is C17H26N2O4. The first-order valence-electron chi connectivity index (χ1n) is 8.33. The van der Waals surface area contributed by atoms with Gasteiger partial charge < -0.3 is 18.8 Å². The number of methoxy groups -OCH3 is 1. The number of hydrogen-bond acceptors (Lipinski definition) is 5. The second-order valence-electron chi connectivity index (χ2n) is 6.66. The van der Waals surface area contributed by atoms with Gasteiger partial charge in [-0.3, -0.25) is 9.69 Å². The number of furan rings is 1. The highest BCUT2D eigenvalue weighted by Crippen LogP contribution is 2.33. The second-order valence-corrected chi connectivity index (χ2v) is 6.66. The summed E-state index contributed by atoms with van der Waals surface area (Å²) < 4.78 is 16.1. The molecule has 6 heteroatoms. The molecule has 1 aromatic rings. The van der Waals surface area contributed by atoms with E-state index in [1.54, 1.807) is 19.4 Å². The SMILES string of the molecule is COCCN1CCOC[C@@]2(CCCN(C(=O)c3ccoc3)C2)C1. The van der Waals surface area contributed by atoms with Gasteiger partial charge in [0.15, 0.2) is 0 Å². The Hall–Kier alpha value is -1.37. The standard InChI is InChI=1S/C17H26N2O4/c1-21-9-6-18-7-10-23-14-17(12-18)4-2-5-19(13-17)16(20)15-3-8-22-11-15/h3,8,11H,2,4-7,9-10,12-14H2,1H3/t17-/m0/s1. The third kappa shape index (κ3) is 3.94. The van der Waals surface area contributed by atoms with Gasteiger partial charge in [0.25, 0.3) is 5.91 Å². The number of piperidine rings is 1. The molecule has 23 heavy (non-hydrogen) atoms. The Morgan fingerprint density at radius 1 is 1.39 bits per heavy atom. The summed E-state index contributed by atoms with van der Waals surface area (Å²) in [5.41, 5.74) is 0.662. The van der Waals surface area contributed by atoms with Crippen molar-refractivity contribution < 1.29 is 18.7 Å². The molecule has 1 amide bonds. The zero-order valence-corrected chi connectivity index (χ0v) is 13.8. The van der Waals surface area contributed by atoms with Crippen LogP contribution in [0, 0.1) is 5.41 Å². The van der Waals surface area contributed by atoms with Gasteiger partial charge in [0, 0.05) is 45.2 Å². The lowest BCUT2D eigenvalue weighted by molar-refractivity contribution is 0.00617. The largest absolute Gasteiger partial charge is 0.472 e. The Balaban J connectivity index is 1.68. The quantitative estimate of drug-likeness (QED) is 0.840. The molecule has 2 aliphatic heterocycles. The third-order valence-corrected chi connectivity index (χ3v) is 4.85. The van der Waals surface area contributed by atoms with Gasteiger partial charge in [-0.2, -0.15) is 0 Å². The topological polar surface area (TPSA) is 55.2 Å². The Bertz CT molecular complexity index is 505. The average Bonchev–Trinajstić information content (AvgIpc) is 3.03. The zero-order chi connectivity index (χ0) is 16.1. The highest BCUT2D eigenvalue weighted by molar-refractivity contribution is 5.93. The number of carbonyl (C=O) groups is 1. The molecule has 0 unspecified atom stereocenters. The normalized spacial score (nSPS) is 26.4. The van der Waals surface area contributed by atoms with Gasteiger partial charge >= 0.3 is 0 Å². The van der Waals surface area contributed by atoms with Crippen LogP contribution >= 0.6 is 0 Å². The van der Waals surface area contributed by atoms with Crippen molar-refractivity contribution in [1.82, 2.24) is 9.80 Å². The molecule has 1 spiro atoms. The molecule has 0 N–H and O–H groups in total.